The Bertz CT molecular complexity index is 337. The molecule has 0 aromatic heterocycles. The van der Waals surface area contributed by atoms with Gasteiger partial charge >= 0.3 is 15.2 Å². The van der Waals surface area contributed by atoms with Crippen LogP contribution in [0.5, 0.6) is 0 Å². The Kier molecular flexibility index (Phi) is 12.9. The maximum atomic E-state index is 12.7. The summed E-state index contributed by atoms with van der Waals surface area (Å²) in [5.74, 6) is 0. The molecule has 0 aliphatic carbocycles. The van der Waals surface area contributed by atoms with E-state index in [0.29, 0.717) is 13.2 Å². The molecule has 0 radical (unpaired) electrons. The lowest BCUT2D eigenvalue weighted by Crippen LogP contribution is -2.09. The third kappa shape index (κ3) is 10.1. The molecule has 6 nitrogen and oxygen atoms in total. The predicted octanol–water partition coefficient (Wildman–Crippen LogP) is 5.08. The highest BCUT2D eigenvalue weighted by atomic mass is 31.2. The summed E-state index contributed by atoms with van der Waals surface area (Å²) in [4.78, 5) is 0. The second-order valence-electron chi connectivity index (χ2n) is 4.88. The van der Waals surface area contributed by atoms with Gasteiger partial charge < -0.3 is 18.1 Å². The summed E-state index contributed by atoms with van der Waals surface area (Å²) < 4.78 is 46.6. The predicted molar refractivity (Wildman–Crippen MR) is 89.9 cm³/mol. The van der Waals surface area contributed by atoms with E-state index in [9.17, 15) is 9.13 Å². The molecule has 0 heterocycles. The number of hydrogen-bond acceptors (Lipinski definition) is 6. The van der Waals surface area contributed by atoms with Crippen molar-refractivity contribution < 1.29 is 27.2 Å². The molecule has 0 fully saturated rings. The van der Waals surface area contributed by atoms with Crippen molar-refractivity contribution in [3.8, 4) is 0 Å². The molecule has 0 amide bonds. The first kappa shape index (κ1) is 22.3. The van der Waals surface area contributed by atoms with Gasteiger partial charge in [-0.3, -0.25) is 9.13 Å². The molecule has 0 unspecified atom stereocenters. The molecule has 0 aromatic rings. The fourth-order valence-corrected chi connectivity index (χ4v) is 5.89. The van der Waals surface area contributed by atoms with Gasteiger partial charge in [-0.05, 0) is 26.7 Å². The first-order chi connectivity index (χ1) is 10.4. The van der Waals surface area contributed by atoms with Crippen LogP contribution in [-0.4, -0.2) is 38.8 Å². The van der Waals surface area contributed by atoms with E-state index >= 15 is 0 Å². The average molecular weight is 358 g/mol. The molecule has 0 aromatic carbocycles. The fourth-order valence-electron chi connectivity index (χ4n) is 1.67. The molecule has 0 spiro atoms. The van der Waals surface area contributed by atoms with E-state index in [1.54, 1.807) is 13.8 Å². The van der Waals surface area contributed by atoms with Gasteiger partial charge in [-0.25, -0.2) is 0 Å². The number of rotatable bonds is 15. The lowest BCUT2D eigenvalue weighted by Gasteiger charge is -2.22. The number of hydrogen-bond donors (Lipinski definition) is 0. The summed E-state index contributed by atoms with van der Waals surface area (Å²) in [5, 5.41) is 0. The summed E-state index contributed by atoms with van der Waals surface area (Å²) in [6.45, 7) is 8.90. The van der Waals surface area contributed by atoms with Crippen LogP contribution in [0.2, 0.25) is 0 Å². The first-order valence-corrected chi connectivity index (χ1v) is 11.7. The van der Waals surface area contributed by atoms with Gasteiger partial charge in [0.05, 0.1) is 38.8 Å². The number of unbranched alkanes of at least 4 members (excludes halogenated alkanes) is 2. The standard InChI is InChI=1S/C14H32O6P2/c1-5-9-11-19-22(16,20-12-10-6-2)14-13-21(15,17-7-3)18-8-4/h5-14H2,1-4H3. The highest BCUT2D eigenvalue weighted by molar-refractivity contribution is 7.58. The monoisotopic (exact) mass is 358 g/mol. The lowest BCUT2D eigenvalue weighted by molar-refractivity contribution is 0.197. The van der Waals surface area contributed by atoms with Crippen LogP contribution in [0.1, 0.15) is 53.4 Å². The molecule has 0 N–H and O–H groups in total. The van der Waals surface area contributed by atoms with Crippen molar-refractivity contribution in [2.45, 2.75) is 53.4 Å². The van der Waals surface area contributed by atoms with Crippen molar-refractivity contribution in [3.63, 3.8) is 0 Å². The molecule has 0 aliphatic heterocycles. The van der Waals surface area contributed by atoms with Crippen LogP contribution >= 0.6 is 15.2 Å². The van der Waals surface area contributed by atoms with E-state index in [1.807, 2.05) is 13.8 Å². The minimum atomic E-state index is -3.25. The van der Waals surface area contributed by atoms with Gasteiger partial charge in [0, 0.05) is 0 Å². The van der Waals surface area contributed by atoms with E-state index in [1.165, 1.54) is 0 Å². The lowest BCUT2D eigenvalue weighted by atomic mass is 10.4. The normalized spacial score (nSPS) is 12.7. The van der Waals surface area contributed by atoms with Gasteiger partial charge in [0.2, 0.25) is 0 Å². The van der Waals surface area contributed by atoms with Crippen LogP contribution in [0.25, 0.3) is 0 Å². The van der Waals surface area contributed by atoms with Gasteiger partial charge in [0.15, 0.2) is 0 Å². The first-order valence-electron chi connectivity index (χ1n) is 8.21. The zero-order valence-electron chi connectivity index (χ0n) is 14.4. The van der Waals surface area contributed by atoms with Gasteiger partial charge in [-0.2, -0.15) is 0 Å². The van der Waals surface area contributed by atoms with Crippen LogP contribution in [0.4, 0.5) is 0 Å². The second kappa shape index (κ2) is 12.7. The van der Waals surface area contributed by atoms with Crippen LogP contribution in [-0.2, 0) is 27.2 Å². The molecule has 0 rings (SSSR count). The summed E-state index contributed by atoms with van der Waals surface area (Å²) in [7, 11) is -6.48. The quantitative estimate of drug-likeness (QED) is 0.300. The van der Waals surface area contributed by atoms with Crippen molar-refractivity contribution in [3.05, 3.63) is 0 Å². The largest absolute Gasteiger partial charge is 0.331 e. The van der Waals surface area contributed by atoms with E-state index in [-0.39, 0.29) is 25.5 Å². The van der Waals surface area contributed by atoms with E-state index in [0.717, 1.165) is 25.7 Å². The third-order valence-electron chi connectivity index (χ3n) is 2.87. The minimum Gasteiger partial charge on any atom is -0.309 e. The Labute approximate surface area is 135 Å². The van der Waals surface area contributed by atoms with E-state index in [4.69, 9.17) is 18.1 Å². The van der Waals surface area contributed by atoms with Crippen molar-refractivity contribution in [1.29, 1.82) is 0 Å². The van der Waals surface area contributed by atoms with Gasteiger partial charge in [-0.1, -0.05) is 26.7 Å². The van der Waals surface area contributed by atoms with Gasteiger partial charge in [0.1, 0.15) is 0 Å². The zero-order valence-corrected chi connectivity index (χ0v) is 16.2. The van der Waals surface area contributed by atoms with Crippen molar-refractivity contribution in [2.75, 3.05) is 38.8 Å². The van der Waals surface area contributed by atoms with Crippen LogP contribution < -0.4 is 0 Å². The summed E-state index contributed by atoms with van der Waals surface area (Å²) in [6, 6.07) is 0. The Morgan fingerprint density at radius 2 is 1.00 bits per heavy atom. The molecular weight excluding hydrogens is 326 g/mol. The maximum Gasteiger partial charge on any atom is 0.331 e. The Hall–Kier alpha value is 0.300. The van der Waals surface area contributed by atoms with E-state index in [2.05, 4.69) is 0 Å². The van der Waals surface area contributed by atoms with Crippen molar-refractivity contribution in [2.24, 2.45) is 0 Å². The van der Waals surface area contributed by atoms with Crippen LogP contribution in [0, 0.1) is 0 Å². The van der Waals surface area contributed by atoms with Crippen LogP contribution in [0.15, 0.2) is 0 Å². The van der Waals surface area contributed by atoms with Crippen LogP contribution in [0.3, 0.4) is 0 Å². The topological polar surface area (TPSA) is 71.1 Å². The molecule has 0 atom stereocenters. The second-order valence-corrected chi connectivity index (χ2v) is 9.25. The summed E-state index contributed by atoms with van der Waals surface area (Å²) in [6.07, 6.45) is 3.63. The van der Waals surface area contributed by atoms with Crippen molar-refractivity contribution >= 4 is 15.2 Å². The van der Waals surface area contributed by atoms with Gasteiger partial charge in [-0.15, -0.1) is 0 Å². The highest BCUT2D eigenvalue weighted by Gasteiger charge is 2.32. The van der Waals surface area contributed by atoms with E-state index < -0.39 is 15.2 Å². The maximum absolute atomic E-state index is 12.7. The smallest absolute Gasteiger partial charge is 0.309 e. The fraction of sp³-hybridized carbons (Fsp3) is 1.00. The molecule has 8 heteroatoms. The molecule has 0 saturated carbocycles. The molecule has 0 saturated heterocycles. The molecule has 22 heavy (non-hydrogen) atoms. The van der Waals surface area contributed by atoms with Gasteiger partial charge in [0.25, 0.3) is 0 Å². The zero-order chi connectivity index (χ0) is 16.9. The Balaban J connectivity index is 4.65. The SMILES string of the molecule is CCCCOP(=O)(CCP(=O)(OCC)OCC)OCCCC. The Morgan fingerprint density at radius 3 is 1.32 bits per heavy atom. The molecular formula is C14H32O6P2. The summed E-state index contributed by atoms with van der Waals surface area (Å²) in [5.41, 5.74) is 0. The minimum absolute atomic E-state index is 0.0458. The molecule has 0 aliphatic rings. The third-order valence-corrected chi connectivity index (χ3v) is 7.22. The average Bonchev–Trinajstić information content (AvgIpc) is 2.47. The molecule has 0 bridgehead atoms. The summed E-state index contributed by atoms with van der Waals surface area (Å²) >= 11 is 0. The highest BCUT2D eigenvalue weighted by Crippen LogP contribution is 2.55. The Morgan fingerprint density at radius 1 is 0.636 bits per heavy atom. The van der Waals surface area contributed by atoms with Crippen molar-refractivity contribution in [1.82, 2.24) is 0 Å². The molecule has 134 valence electrons.